The van der Waals surface area contributed by atoms with Crippen LogP contribution in [0.4, 0.5) is 0 Å². The molecule has 1 atom stereocenters. The van der Waals surface area contributed by atoms with Crippen molar-refractivity contribution in [1.29, 1.82) is 0 Å². The molecule has 1 amide bonds. The molecule has 0 radical (unpaired) electrons. The minimum atomic E-state index is -0.00744. The van der Waals surface area contributed by atoms with Crippen LogP contribution in [0.3, 0.4) is 0 Å². The number of para-hydroxylation sites is 3. The Labute approximate surface area is 145 Å². The van der Waals surface area contributed by atoms with Gasteiger partial charge in [0.05, 0.1) is 16.6 Å². The van der Waals surface area contributed by atoms with Crippen LogP contribution in [0.2, 0.25) is 0 Å². The third-order valence-corrected chi connectivity index (χ3v) is 4.58. The van der Waals surface area contributed by atoms with E-state index in [1.165, 1.54) is 0 Å². The molecule has 25 heavy (non-hydrogen) atoms. The summed E-state index contributed by atoms with van der Waals surface area (Å²) in [4.78, 5) is 22.0. The monoisotopic (exact) mass is 332 g/mol. The van der Waals surface area contributed by atoms with E-state index >= 15 is 0 Å². The summed E-state index contributed by atoms with van der Waals surface area (Å²) in [5, 5.41) is 4.05. The number of carbonyl (C=O) groups is 1. The second-order valence-corrected chi connectivity index (χ2v) is 6.36. The van der Waals surface area contributed by atoms with Gasteiger partial charge in [0, 0.05) is 11.4 Å². The van der Waals surface area contributed by atoms with Crippen LogP contribution < -0.4 is 5.32 Å². The summed E-state index contributed by atoms with van der Waals surface area (Å²) in [6, 6.07) is 16.0. The molecule has 1 N–H and O–H groups in total. The third kappa shape index (κ3) is 2.71. The molecule has 0 fully saturated rings. The fourth-order valence-electron chi connectivity index (χ4n) is 3.11. The number of hydrogen-bond acceptors (Lipinski definition) is 3. The molecule has 0 bridgehead atoms. The first-order valence-electron chi connectivity index (χ1n) is 8.60. The average molecular weight is 332 g/mol. The van der Waals surface area contributed by atoms with Crippen LogP contribution in [-0.4, -0.2) is 26.5 Å². The van der Waals surface area contributed by atoms with Gasteiger partial charge in [-0.1, -0.05) is 37.3 Å². The summed E-state index contributed by atoms with van der Waals surface area (Å²) in [5.41, 5.74) is 4.26. The van der Waals surface area contributed by atoms with Crippen molar-refractivity contribution in [2.75, 3.05) is 0 Å². The summed E-state index contributed by atoms with van der Waals surface area (Å²) >= 11 is 0. The van der Waals surface area contributed by atoms with Crippen molar-refractivity contribution < 1.29 is 4.79 Å². The number of aromatic nitrogens is 3. The fraction of sp³-hybridized carbons (Fsp3) is 0.250. The molecule has 0 aliphatic carbocycles. The SMILES string of the molecule is CCC(C)NC(=O)Cn1c2ccccc2c2nc3ccccc3nc21. The Balaban J connectivity index is 1.91. The van der Waals surface area contributed by atoms with Crippen LogP contribution in [-0.2, 0) is 11.3 Å². The highest BCUT2D eigenvalue weighted by Crippen LogP contribution is 2.27. The topological polar surface area (TPSA) is 59.8 Å². The van der Waals surface area contributed by atoms with E-state index in [4.69, 9.17) is 9.97 Å². The normalized spacial score (nSPS) is 12.7. The number of nitrogens with zero attached hydrogens (tertiary/aromatic N) is 3. The maximum absolute atomic E-state index is 12.5. The fourth-order valence-corrected chi connectivity index (χ4v) is 3.11. The van der Waals surface area contributed by atoms with Gasteiger partial charge >= 0.3 is 0 Å². The molecule has 2 aromatic heterocycles. The van der Waals surface area contributed by atoms with Crippen molar-refractivity contribution in [2.24, 2.45) is 0 Å². The Hall–Kier alpha value is -2.95. The number of benzene rings is 2. The van der Waals surface area contributed by atoms with Gasteiger partial charge in [0.2, 0.25) is 5.91 Å². The molecular formula is C20H20N4O. The molecule has 2 aromatic carbocycles. The lowest BCUT2D eigenvalue weighted by Crippen LogP contribution is -2.34. The molecule has 2 heterocycles. The predicted molar refractivity (Wildman–Crippen MR) is 100 cm³/mol. The molecule has 0 saturated carbocycles. The van der Waals surface area contributed by atoms with E-state index in [0.717, 1.165) is 39.5 Å². The molecule has 4 rings (SSSR count). The van der Waals surface area contributed by atoms with Gasteiger partial charge in [-0.2, -0.15) is 0 Å². The molecule has 1 unspecified atom stereocenters. The summed E-state index contributed by atoms with van der Waals surface area (Å²) in [6.45, 7) is 4.31. The minimum absolute atomic E-state index is 0.00744. The quantitative estimate of drug-likeness (QED) is 0.620. The van der Waals surface area contributed by atoms with Gasteiger partial charge in [-0.3, -0.25) is 4.79 Å². The van der Waals surface area contributed by atoms with Gasteiger partial charge in [0.25, 0.3) is 0 Å². The number of fused-ring (bicyclic) bond motifs is 4. The summed E-state index contributed by atoms with van der Waals surface area (Å²) < 4.78 is 1.96. The average Bonchev–Trinajstić information content (AvgIpc) is 2.93. The van der Waals surface area contributed by atoms with Gasteiger partial charge in [-0.05, 0) is 31.5 Å². The standard InChI is InChI=1S/C20H20N4O/c1-3-13(2)21-18(25)12-24-17-11-7-4-8-14(17)19-20(24)23-16-10-6-5-9-15(16)22-19/h4-11,13H,3,12H2,1-2H3,(H,21,25). The van der Waals surface area contributed by atoms with Crippen LogP contribution in [0.25, 0.3) is 33.1 Å². The molecule has 0 aliphatic heterocycles. The highest BCUT2D eigenvalue weighted by Gasteiger charge is 2.16. The number of carbonyl (C=O) groups excluding carboxylic acids is 1. The number of amides is 1. The molecule has 4 aromatic rings. The molecule has 5 nitrogen and oxygen atoms in total. The third-order valence-electron chi connectivity index (χ3n) is 4.58. The highest BCUT2D eigenvalue weighted by atomic mass is 16.2. The van der Waals surface area contributed by atoms with E-state index in [0.29, 0.717) is 0 Å². The maximum Gasteiger partial charge on any atom is 0.240 e. The number of rotatable bonds is 4. The Morgan fingerprint density at radius 2 is 1.76 bits per heavy atom. The van der Waals surface area contributed by atoms with Crippen molar-refractivity contribution in [1.82, 2.24) is 19.9 Å². The Morgan fingerprint density at radius 3 is 2.52 bits per heavy atom. The van der Waals surface area contributed by atoms with Crippen molar-refractivity contribution in [3.8, 4) is 0 Å². The van der Waals surface area contributed by atoms with Crippen molar-refractivity contribution in [3.05, 3.63) is 48.5 Å². The number of hydrogen-bond donors (Lipinski definition) is 1. The van der Waals surface area contributed by atoms with E-state index in [9.17, 15) is 4.79 Å². The van der Waals surface area contributed by atoms with Crippen LogP contribution >= 0.6 is 0 Å². The second-order valence-electron chi connectivity index (χ2n) is 6.36. The lowest BCUT2D eigenvalue weighted by atomic mass is 10.2. The zero-order valence-corrected chi connectivity index (χ0v) is 14.4. The predicted octanol–water partition coefficient (Wildman–Crippen LogP) is 3.65. The molecule has 0 spiro atoms. The first-order valence-corrected chi connectivity index (χ1v) is 8.60. The summed E-state index contributed by atoms with van der Waals surface area (Å²) in [5.74, 6) is -0.00744. The Kier molecular flexibility index (Phi) is 3.84. The molecule has 5 heteroatoms. The van der Waals surface area contributed by atoms with Crippen molar-refractivity contribution >= 4 is 39.0 Å². The van der Waals surface area contributed by atoms with E-state index in [1.54, 1.807) is 0 Å². The maximum atomic E-state index is 12.5. The van der Waals surface area contributed by atoms with Crippen LogP contribution in [0.1, 0.15) is 20.3 Å². The lowest BCUT2D eigenvalue weighted by molar-refractivity contribution is -0.122. The van der Waals surface area contributed by atoms with E-state index in [1.807, 2.05) is 60.0 Å². The first kappa shape index (κ1) is 15.6. The van der Waals surface area contributed by atoms with Crippen molar-refractivity contribution in [2.45, 2.75) is 32.9 Å². The Bertz CT molecular complexity index is 1080. The van der Waals surface area contributed by atoms with Crippen molar-refractivity contribution in [3.63, 3.8) is 0 Å². The first-order chi connectivity index (χ1) is 12.2. The van der Waals surface area contributed by atoms with Gasteiger partial charge in [-0.15, -0.1) is 0 Å². The summed E-state index contributed by atoms with van der Waals surface area (Å²) in [7, 11) is 0. The van der Waals surface area contributed by atoms with Gasteiger partial charge < -0.3 is 9.88 Å². The van der Waals surface area contributed by atoms with E-state index in [2.05, 4.69) is 12.2 Å². The molecular weight excluding hydrogens is 312 g/mol. The second kappa shape index (κ2) is 6.16. The smallest absolute Gasteiger partial charge is 0.240 e. The molecule has 126 valence electrons. The van der Waals surface area contributed by atoms with Crippen LogP contribution in [0.15, 0.2) is 48.5 Å². The minimum Gasteiger partial charge on any atom is -0.352 e. The zero-order chi connectivity index (χ0) is 17.4. The van der Waals surface area contributed by atoms with Crippen LogP contribution in [0, 0.1) is 0 Å². The largest absolute Gasteiger partial charge is 0.352 e. The van der Waals surface area contributed by atoms with Crippen LogP contribution in [0.5, 0.6) is 0 Å². The van der Waals surface area contributed by atoms with Gasteiger partial charge in [0.1, 0.15) is 12.1 Å². The highest BCUT2D eigenvalue weighted by molar-refractivity contribution is 6.07. The van der Waals surface area contributed by atoms with E-state index < -0.39 is 0 Å². The number of nitrogens with one attached hydrogen (secondary N) is 1. The van der Waals surface area contributed by atoms with E-state index in [-0.39, 0.29) is 18.5 Å². The Morgan fingerprint density at radius 1 is 1.08 bits per heavy atom. The molecule has 0 saturated heterocycles. The summed E-state index contributed by atoms with van der Waals surface area (Å²) in [6.07, 6.45) is 0.906. The molecule has 0 aliphatic rings. The lowest BCUT2D eigenvalue weighted by Gasteiger charge is -2.12. The van der Waals surface area contributed by atoms with Gasteiger partial charge in [0.15, 0.2) is 5.65 Å². The van der Waals surface area contributed by atoms with Gasteiger partial charge in [-0.25, -0.2) is 9.97 Å². The zero-order valence-electron chi connectivity index (χ0n) is 14.4.